The van der Waals surface area contributed by atoms with Crippen LogP contribution in [0.2, 0.25) is 5.02 Å². The molecule has 2 N–H and O–H groups in total. The molecule has 0 aliphatic heterocycles. The maximum Gasteiger partial charge on any atom is 0.0739 e. The average molecular weight is 263 g/mol. The number of hydrogen-bond donors (Lipinski definition) is 1. The van der Waals surface area contributed by atoms with Gasteiger partial charge in [0.1, 0.15) is 0 Å². The summed E-state index contributed by atoms with van der Waals surface area (Å²) in [7, 11) is 0. The van der Waals surface area contributed by atoms with Crippen molar-refractivity contribution in [3.8, 4) is 0 Å². The van der Waals surface area contributed by atoms with Gasteiger partial charge in [0.15, 0.2) is 0 Å². The van der Waals surface area contributed by atoms with Crippen molar-refractivity contribution in [2.24, 2.45) is 5.73 Å². The van der Waals surface area contributed by atoms with Crippen LogP contribution in [0.15, 0.2) is 42.6 Å². The molecule has 1 heterocycles. The molecule has 0 radical (unpaired) electrons. The standard InChI is InChI=1S/C14H15ClN2O/c15-13-5-3-11(4-6-13)9-18-10-12-2-1-7-17-14(12)8-16/h1-7H,8-10,16H2. The Morgan fingerprint density at radius 3 is 2.61 bits per heavy atom. The number of nitrogens with two attached hydrogens (primary N) is 1. The molecule has 18 heavy (non-hydrogen) atoms. The molecule has 0 fully saturated rings. The Hall–Kier alpha value is -1.42. The Labute approximate surface area is 112 Å². The van der Waals surface area contributed by atoms with Gasteiger partial charge in [0, 0.05) is 23.3 Å². The van der Waals surface area contributed by atoms with Gasteiger partial charge in [-0.05, 0) is 23.8 Å². The molecule has 3 nitrogen and oxygen atoms in total. The average Bonchev–Trinajstić information content (AvgIpc) is 2.41. The Morgan fingerprint density at radius 1 is 1.11 bits per heavy atom. The van der Waals surface area contributed by atoms with Crippen molar-refractivity contribution < 1.29 is 4.74 Å². The third kappa shape index (κ3) is 3.53. The minimum absolute atomic E-state index is 0.431. The van der Waals surface area contributed by atoms with Gasteiger partial charge in [-0.1, -0.05) is 29.8 Å². The van der Waals surface area contributed by atoms with E-state index in [4.69, 9.17) is 22.1 Å². The molecule has 0 bridgehead atoms. The summed E-state index contributed by atoms with van der Waals surface area (Å²) in [5, 5.41) is 0.733. The number of nitrogens with zero attached hydrogens (tertiary/aromatic N) is 1. The zero-order valence-corrected chi connectivity index (χ0v) is 10.7. The molecule has 0 atom stereocenters. The lowest BCUT2D eigenvalue weighted by Crippen LogP contribution is -2.05. The van der Waals surface area contributed by atoms with E-state index in [-0.39, 0.29) is 0 Å². The normalized spacial score (nSPS) is 10.6. The van der Waals surface area contributed by atoms with Gasteiger partial charge in [-0.25, -0.2) is 0 Å². The Balaban J connectivity index is 1.90. The van der Waals surface area contributed by atoms with Gasteiger partial charge in [0.2, 0.25) is 0 Å². The molecular weight excluding hydrogens is 248 g/mol. The van der Waals surface area contributed by atoms with Crippen LogP contribution in [-0.4, -0.2) is 4.98 Å². The smallest absolute Gasteiger partial charge is 0.0739 e. The number of halogens is 1. The van der Waals surface area contributed by atoms with E-state index in [0.29, 0.717) is 19.8 Å². The summed E-state index contributed by atoms with van der Waals surface area (Å²) in [5.74, 6) is 0. The summed E-state index contributed by atoms with van der Waals surface area (Å²) in [6.07, 6.45) is 1.74. The minimum Gasteiger partial charge on any atom is -0.372 e. The zero-order valence-electron chi connectivity index (χ0n) is 9.97. The minimum atomic E-state index is 0.431. The number of rotatable bonds is 5. The van der Waals surface area contributed by atoms with E-state index in [0.717, 1.165) is 21.8 Å². The maximum atomic E-state index is 5.82. The van der Waals surface area contributed by atoms with Gasteiger partial charge >= 0.3 is 0 Å². The molecule has 4 heteroatoms. The van der Waals surface area contributed by atoms with E-state index in [1.807, 2.05) is 36.4 Å². The molecule has 1 aromatic carbocycles. The van der Waals surface area contributed by atoms with Gasteiger partial charge in [-0.15, -0.1) is 0 Å². The molecule has 0 amide bonds. The van der Waals surface area contributed by atoms with E-state index < -0.39 is 0 Å². The lowest BCUT2D eigenvalue weighted by Gasteiger charge is -2.08. The van der Waals surface area contributed by atoms with Crippen molar-refractivity contribution in [2.75, 3.05) is 0 Å². The van der Waals surface area contributed by atoms with Gasteiger partial charge in [0.05, 0.1) is 18.9 Å². The van der Waals surface area contributed by atoms with E-state index in [9.17, 15) is 0 Å². The molecule has 0 aliphatic rings. The molecule has 2 rings (SSSR count). The van der Waals surface area contributed by atoms with Crippen LogP contribution in [0, 0.1) is 0 Å². The van der Waals surface area contributed by atoms with Gasteiger partial charge in [-0.2, -0.15) is 0 Å². The Kier molecular flexibility index (Phi) is 4.70. The summed E-state index contributed by atoms with van der Waals surface area (Å²) in [6, 6.07) is 11.5. The van der Waals surface area contributed by atoms with Crippen LogP contribution in [0.4, 0.5) is 0 Å². The second kappa shape index (κ2) is 6.50. The topological polar surface area (TPSA) is 48.1 Å². The molecule has 0 aliphatic carbocycles. The number of benzene rings is 1. The van der Waals surface area contributed by atoms with Crippen molar-refractivity contribution in [1.29, 1.82) is 0 Å². The summed E-state index contributed by atoms with van der Waals surface area (Å²) in [5.41, 5.74) is 8.63. The van der Waals surface area contributed by atoms with Crippen molar-refractivity contribution in [1.82, 2.24) is 4.98 Å². The second-order valence-corrected chi connectivity index (χ2v) is 4.37. The first-order chi connectivity index (χ1) is 8.79. The summed E-state index contributed by atoms with van der Waals surface area (Å²) < 4.78 is 5.65. The number of ether oxygens (including phenoxy) is 1. The lowest BCUT2D eigenvalue weighted by molar-refractivity contribution is 0.106. The van der Waals surface area contributed by atoms with Crippen LogP contribution in [0.1, 0.15) is 16.8 Å². The largest absolute Gasteiger partial charge is 0.372 e. The highest BCUT2D eigenvalue weighted by Crippen LogP contribution is 2.12. The quantitative estimate of drug-likeness (QED) is 0.901. The molecule has 2 aromatic rings. The highest BCUT2D eigenvalue weighted by molar-refractivity contribution is 6.30. The van der Waals surface area contributed by atoms with E-state index >= 15 is 0 Å². The summed E-state index contributed by atoms with van der Waals surface area (Å²) >= 11 is 5.82. The fourth-order valence-electron chi connectivity index (χ4n) is 1.65. The van der Waals surface area contributed by atoms with Gasteiger partial charge in [-0.3, -0.25) is 4.98 Å². The second-order valence-electron chi connectivity index (χ2n) is 3.93. The Bertz CT molecular complexity index is 499. The van der Waals surface area contributed by atoms with Crippen molar-refractivity contribution in [2.45, 2.75) is 19.8 Å². The molecular formula is C14H15ClN2O. The summed E-state index contributed by atoms with van der Waals surface area (Å²) in [4.78, 5) is 4.21. The highest BCUT2D eigenvalue weighted by Gasteiger charge is 2.01. The van der Waals surface area contributed by atoms with Crippen LogP contribution in [0.3, 0.4) is 0 Å². The third-order valence-electron chi connectivity index (χ3n) is 2.62. The van der Waals surface area contributed by atoms with Gasteiger partial charge in [0.25, 0.3) is 0 Å². The first kappa shape index (κ1) is 13.0. The molecule has 1 aromatic heterocycles. The monoisotopic (exact) mass is 262 g/mol. The van der Waals surface area contributed by atoms with Crippen molar-refractivity contribution in [3.05, 3.63) is 64.4 Å². The predicted molar refractivity (Wildman–Crippen MR) is 72.1 cm³/mol. The first-order valence-corrected chi connectivity index (χ1v) is 6.12. The van der Waals surface area contributed by atoms with Crippen LogP contribution in [0.25, 0.3) is 0 Å². The highest BCUT2D eigenvalue weighted by atomic mass is 35.5. The van der Waals surface area contributed by atoms with Crippen LogP contribution >= 0.6 is 11.6 Å². The summed E-state index contributed by atoms with van der Waals surface area (Å²) in [6.45, 7) is 1.50. The number of hydrogen-bond acceptors (Lipinski definition) is 3. The zero-order chi connectivity index (χ0) is 12.8. The van der Waals surface area contributed by atoms with E-state index in [1.54, 1.807) is 6.20 Å². The molecule has 94 valence electrons. The lowest BCUT2D eigenvalue weighted by atomic mass is 10.2. The predicted octanol–water partition coefficient (Wildman–Crippen LogP) is 2.91. The molecule has 0 saturated heterocycles. The molecule has 0 spiro atoms. The van der Waals surface area contributed by atoms with E-state index in [2.05, 4.69) is 4.98 Å². The fraction of sp³-hybridized carbons (Fsp3) is 0.214. The molecule has 0 unspecified atom stereocenters. The number of aromatic nitrogens is 1. The molecule has 0 saturated carbocycles. The van der Waals surface area contributed by atoms with Gasteiger partial charge < -0.3 is 10.5 Å². The van der Waals surface area contributed by atoms with Crippen LogP contribution < -0.4 is 5.73 Å². The SMILES string of the molecule is NCc1ncccc1COCc1ccc(Cl)cc1. The maximum absolute atomic E-state index is 5.82. The van der Waals surface area contributed by atoms with Crippen LogP contribution in [0.5, 0.6) is 0 Å². The van der Waals surface area contributed by atoms with E-state index in [1.165, 1.54) is 0 Å². The Morgan fingerprint density at radius 2 is 1.89 bits per heavy atom. The fourth-order valence-corrected chi connectivity index (χ4v) is 1.77. The van der Waals surface area contributed by atoms with Crippen molar-refractivity contribution >= 4 is 11.6 Å². The number of pyridine rings is 1. The third-order valence-corrected chi connectivity index (χ3v) is 2.87. The van der Waals surface area contributed by atoms with Crippen LogP contribution in [-0.2, 0) is 24.5 Å². The van der Waals surface area contributed by atoms with Crippen molar-refractivity contribution in [3.63, 3.8) is 0 Å². The first-order valence-electron chi connectivity index (χ1n) is 5.74.